The zero-order chi connectivity index (χ0) is 14.1. The van der Waals surface area contributed by atoms with Crippen LogP contribution in [0.1, 0.15) is 27.2 Å². The minimum absolute atomic E-state index is 0.0163. The summed E-state index contributed by atoms with van der Waals surface area (Å²) < 4.78 is 16.6. The topological polar surface area (TPSA) is 68.2 Å². The van der Waals surface area contributed by atoms with Gasteiger partial charge >= 0.3 is 6.09 Å². The second-order valence-electron chi connectivity index (χ2n) is 6.25. The quantitative estimate of drug-likeness (QED) is 0.764. The molecule has 0 saturated carbocycles. The number of carbonyl (C=O) groups excluding carboxylic acids is 1. The van der Waals surface area contributed by atoms with Crippen molar-refractivity contribution in [3.05, 3.63) is 0 Å². The third kappa shape index (κ3) is 3.58. The van der Waals surface area contributed by atoms with Crippen LogP contribution in [0, 0.1) is 0 Å². The highest BCUT2D eigenvalue weighted by Gasteiger charge is 2.46. The van der Waals surface area contributed by atoms with Crippen LogP contribution in [0.25, 0.3) is 0 Å². The van der Waals surface area contributed by atoms with Gasteiger partial charge in [-0.15, -0.1) is 0 Å². The third-order valence-corrected chi connectivity index (χ3v) is 3.29. The summed E-state index contributed by atoms with van der Waals surface area (Å²) in [6.07, 6.45) is 0.101. The monoisotopic (exact) mass is 273 g/mol. The van der Waals surface area contributed by atoms with Gasteiger partial charge in [-0.1, -0.05) is 0 Å². The molecule has 19 heavy (non-hydrogen) atoms. The summed E-state index contributed by atoms with van der Waals surface area (Å²) in [6.45, 7) is 7.40. The zero-order valence-corrected chi connectivity index (χ0v) is 11.8. The molecule has 1 spiro atoms. The molecule has 0 aromatic carbocycles. The lowest BCUT2D eigenvalue weighted by Crippen LogP contribution is -2.55. The first kappa shape index (κ1) is 14.6. The predicted molar refractivity (Wildman–Crippen MR) is 67.9 cm³/mol. The van der Waals surface area contributed by atoms with E-state index in [4.69, 9.17) is 19.3 Å². The molecule has 0 bridgehead atoms. The molecule has 2 aliphatic rings. The normalized spacial score (nSPS) is 31.8. The molecule has 110 valence electrons. The fourth-order valence-electron chi connectivity index (χ4n) is 2.46. The molecule has 6 heteroatoms. The number of rotatable bonds is 1. The van der Waals surface area contributed by atoms with E-state index in [1.807, 2.05) is 20.8 Å². The van der Waals surface area contributed by atoms with E-state index in [1.165, 1.54) is 0 Å². The van der Waals surface area contributed by atoms with E-state index in [2.05, 4.69) is 0 Å². The van der Waals surface area contributed by atoms with Crippen molar-refractivity contribution in [2.45, 2.75) is 44.5 Å². The molecule has 0 aliphatic carbocycles. The number of hydrogen-bond acceptors (Lipinski definition) is 5. The highest BCUT2D eigenvalue weighted by Crippen LogP contribution is 2.31. The summed E-state index contributed by atoms with van der Waals surface area (Å²) in [4.78, 5) is 13.7. The van der Waals surface area contributed by atoms with Gasteiger partial charge in [-0.25, -0.2) is 4.79 Å². The van der Waals surface area contributed by atoms with E-state index in [-0.39, 0.29) is 18.8 Å². The Labute approximate surface area is 113 Å². The van der Waals surface area contributed by atoms with Gasteiger partial charge in [0.25, 0.3) is 0 Å². The second-order valence-corrected chi connectivity index (χ2v) is 6.25. The Morgan fingerprint density at radius 1 is 1.53 bits per heavy atom. The molecular weight excluding hydrogens is 250 g/mol. The average Bonchev–Trinajstić information content (AvgIpc) is 2.70. The lowest BCUT2D eigenvalue weighted by molar-refractivity contribution is -0.108. The van der Waals surface area contributed by atoms with Crippen molar-refractivity contribution in [2.24, 2.45) is 0 Å². The van der Waals surface area contributed by atoms with E-state index in [1.54, 1.807) is 4.90 Å². The number of aliphatic hydroxyl groups is 1. The Morgan fingerprint density at radius 2 is 2.26 bits per heavy atom. The third-order valence-electron chi connectivity index (χ3n) is 3.29. The summed E-state index contributed by atoms with van der Waals surface area (Å²) >= 11 is 0. The molecule has 0 aromatic rings. The van der Waals surface area contributed by atoms with Gasteiger partial charge in [-0.3, -0.25) is 0 Å². The van der Waals surface area contributed by atoms with Crippen molar-refractivity contribution in [3.8, 4) is 0 Å². The lowest BCUT2D eigenvalue weighted by Gasteiger charge is -2.39. The van der Waals surface area contributed by atoms with Gasteiger partial charge in [0.05, 0.1) is 32.5 Å². The highest BCUT2D eigenvalue weighted by atomic mass is 16.6. The van der Waals surface area contributed by atoms with Gasteiger partial charge in [0, 0.05) is 13.0 Å². The van der Waals surface area contributed by atoms with E-state index >= 15 is 0 Å². The van der Waals surface area contributed by atoms with E-state index in [9.17, 15) is 4.79 Å². The van der Waals surface area contributed by atoms with E-state index in [0.29, 0.717) is 32.7 Å². The molecule has 1 N–H and O–H groups in total. The molecule has 0 radical (unpaired) electrons. The van der Waals surface area contributed by atoms with Crippen LogP contribution in [0.3, 0.4) is 0 Å². The van der Waals surface area contributed by atoms with Crippen LogP contribution < -0.4 is 0 Å². The number of amides is 1. The van der Waals surface area contributed by atoms with Crippen LogP contribution in [-0.4, -0.2) is 66.3 Å². The Bertz CT molecular complexity index is 340. The minimum atomic E-state index is -0.498. The molecular formula is C13H23NO5. The van der Waals surface area contributed by atoms with E-state index < -0.39 is 11.2 Å². The van der Waals surface area contributed by atoms with Crippen LogP contribution in [0.4, 0.5) is 4.79 Å². The number of aliphatic hydroxyl groups excluding tert-OH is 1. The molecule has 2 saturated heterocycles. The molecule has 2 rings (SSSR count). The molecule has 2 unspecified atom stereocenters. The van der Waals surface area contributed by atoms with Crippen LogP contribution in [0.5, 0.6) is 0 Å². The van der Waals surface area contributed by atoms with Crippen molar-refractivity contribution in [3.63, 3.8) is 0 Å². The predicted octanol–water partition coefficient (Wildman–Crippen LogP) is 0.774. The standard InChI is InChI=1S/C13H23NO5/c1-12(2,3)19-11(16)14-4-5-18-13(8-14)6-10(7-15)17-9-13/h10,15H,4-9H2,1-3H3. The SMILES string of the molecule is CC(C)(C)OC(=O)N1CCOC2(COC(CO)C2)C1. The number of morpholine rings is 1. The van der Waals surface area contributed by atoms with Gasteiger partial charge in [-0.05, 0) is 20.8 Å². The summed E-state index contributed by atoms with van der Waals surface area (Å²) in [6, 6.07) is 0. The molecule has 6 nitrogen and oxygen atoms in total. The fourth-order valence-corrected chi connectivity index (χ4v) is 2.46. The van der Waals surface area contributed by atoms with Gasteiger partial charge in [-0.2, -0.15) is 0 Å². The van der Waals surface area contributed by atoms with Crippen LogP contribution in [-0.2, 0) is 14.2 Å². The first-order chi connectivity index (χ1) is 8.84. The van der Waals surface area contributed by atoms with Gasteiger partial charge in [0.1, 0.15) is 11.2 Å². The highest BCUT2D eigenvalue weighted by molar-refractivity contribution is 5.68. The zero-order valence-electron chi connectivity index (χ0n) is 11.8. The minimum Gasteiger partial charge on any atom is -0.444 e. The van der Waals surface area contributed by atoms with E-state index in [0.717, 1.165) is 0 Å². The Morgan fingerprint density at radius 3 is 2.84 bits per heavy atom. The number of nitrogens with zero attached hydrogens (tertiary/aromatic N) is 1. The van der Waals surface area contributed by atoms with Crippen molar-refractivity contribution >= 4 is 6.09 Å². The molecule has 2 fully saturated rings. The number of ether oxygens (including phenoxy) is 3. The lowest BCUT2D eigenvalue weighted by atomic mass is 9.98. The molecule has 2 atom stereocenters. The van der Waals surface area contributed by atoms with Crippen molar-refractivity contribution in [1.29, 1.82) is 0 Å². The summed E-state index contributed by atoms with van der Waals surface area (Å²) in [5, 5.41) is 9.12. The smallest absolute Gasteiger partial charge is 0.410 e. The van der Waals surface area contributed by atoms with Gasteiger partial charge in [0.2, 0.25) is 0 Å². The summed E-state index contributed by atoms with van der Waals surface area (Å²) in [5.74, 6) is 0. The Balaban J connectivity index is 1.96. The van der Waals surface area contributed by atoms with Gasteiger partial charge in [0.15, 0.2) is 0 Å². The molecule has 2 heterocycles. The summed E-state index contributed by atoms with van der Waals surface area (Å²) in [5.41, 5.74) is -0.981. The molecule has 0 aromatic heterocycles. The largest absolute Gasteiger partial charge is 0.444 e. The Kier molecular flexibility index (Phi) is 4.03. The van der Waals surface area contributed by atoms with Crippen molar-refractivity contribution < 1.29 is 24.1 Å². The summed E-state index contributed by atoms with van der Waals surface area (Å²) in [7, 11) is 0. The maximum Gasteiger partial charge on any atom is 0.410 e. The van der Waals surface area contributed by atoms with Crippen molar-refractivity contribution in [2.75, 3.05) is 32.9 Å². The fraction of sp³-hybridized carbons (Fsp3) is 0.923. The molecule has 1 amide bonds. The average molecular weight is 273 g/mol. The number of carbonyl (C=O) groups is 1. The van der Waals surface area contributed by atoms with Crippen LogP contribution >= 0.6 is 0 Å². The van der Waals surface area contributed by atoms with Gasteiger partial charge < -0.3 is 24.2 Å². The molecule has 2 aliphatic heterocycles. The maximum absolute atomic E-state index is 12.1. The van der Waals surface area contributed by atoms with Crippen LogP contribution in [0.15, 0.2) is 0 Å². The first-order valence-electron chi connectivity index (χ1n) is 6.68. The second kappa shape index (κ2) is 5.26. The Hall–Kier alpha value is -0.850. The first-order valence-corrected chi connectivity index (χ1v) is 6.68. The maximum atomic E-state index is 12.1. The van der Waals surface area contributed by atoms with Crippen molar-refractivity contribution in [1.82, 2.24) is 4.90 Å². The van der Waals surface area contributed by atoms with Crippen LogP contribution in [0.2, 0.25) is 0 Å². The number of hydrogen-bond donors (Lipinski definition) is 1.